The molecule has 2 N–H and O–H groups in total. The lowest BCUT2D eigenvalue weighted by Gasteiger charge is -2.26. The normalized spacial score (nSPS) is 15.2. The number of nitrogens with one attached hydrogen (secondary N) is 2. The van der Waals surface area contributed by atoms with Crippen molar-refractivity contribution in [2.75, 3.05) is 31.5 Å². The Morgan fingerprint density at radius 1 is 1.25 bits per heavy atom. The first-order valence-electron chi connectivity index (χ1n) is 8.14. The number of halogens is 1. The van der Waals surface area contributed by atoms with E-state index < -0.39 is 0 Å². The van der Waals surface area contributed by atoms with Crippen molar-refractivity contribution in [1.29, 1.82) is 0 Å². The Bertz CT molecular complexity index is 669. The summed E-state index contributed by atoms with van der Waals surface area (Å²) < 4.78 is 1.57. The zero-order valence-electron chi connectivity index (χ0n) is 13.4. The van der Waals surface area contributed by atoms with Gasteiger partial charge in [0, 0.05) is 18.8 Å². The number of urea groups is 1. The zero-order chi connectivity index (χ0) is 16.8. The monoisotopic (exact) mass is 348 g/mol. The largest absolute Gasteiger partial charge is 0.337 e. The number of aromatic nitrogens is 3. The number of carbonyl (C=O) groups excluding carboxylic acids is 1. The molecule has 8 heteroatoms. The Hall–Kier alpha value is -2.12. The fourth-order valence-electron chi connectivity index (χ4n) is 2.79. The minimum atomic E-state index is -0.225. The van der Waals surface area contributed by atoms with Crippen LogP contribution in [-0.4, -0.2) is 51.9 Å². The first-order chi connectivity index (χ1) is 11.7. The molecule has 2 heterocycles. The van der Waals surface area contributed by atoms with Gasteiger partial charge < -0.3 is 15.5 Å². The second-order valence-corrected chi connectivity index (χ2v) is 6.20. The lowest BCUT2D eigenvalue weighted by Crippen LogP contribution is -2.39. The van der Waals surface area contributed by atoms with Crippen LogP contribution in [0.1, 0.15) is 19.3 Å². The molecule has 2 aromatic rings. The van der Waals surface area contributed by atoms with Crippen molar-refractivity contribution in [3.63, 3.8) is 0 Å². The maximum atomic E-state index is 12.0. The number of amides is 2. The quantitative estimate of drug-likeness (QED) is 0.870. The second kappa shape index (κ2) is 8.12. The minimum Gasteiger partial charge on any atom is -0.337 e. The summed E-state index contributed by atoms with van der Waals surface area (Å²) in [5.74, 6) is 0. The lowest BCUT2D eigenvalue weighted by atomic mass is 10.1. The molecule has 0 saturated carbocycles. The van der Waals surface area contributed by atoms with Crippen LogP contribution in [0.15, 0.2) is 30.9 Å². The van der Waals surface area contributed by atoms with Gasteiger partial charge in [0.15, 0.2) is 0 Å². The Labute approximate surface area is 146 Å². The van der Waals surface area contributed by atoms with Crippen molar-refractivity contribution in [3.8, 4) is 5.69 Å². The number of piperidine rings is 1. The summed E-state index contributed by atoms with van der Waals surface area (Å²) in [5.41, 5.74) is 1.35. The van der Waals surface area contributed by atoms with Crippen molar-refractivity contribution >= 4 is 23.3 Å². The smallest absolute Gasteiger partial charge is 0.319 e. The summed E-state index contributed by atoms with van der Waals surface area (Å²) in [4.78, 5) is 18.2. The predicted octanol–water partition coefficient (Wildman–Crippen LogP) is 2.53. The van der Waals surface area contributed by atoms with Crippen LogP contribution in [0.5, 0.6) is 0 Å². The van der Waals surface area contributed by atoms with E-state index in [1.165, 1.54) is 25.6 Å². The van der Waals surface area contributed by atoms with Gasteiger partial charge in [-0.25, -0.2) is 14.5 Å². The van der Waals surface area contributed by atoms with Gasteiger partial charge in [0.25, 0.3) is 0 Å². The highest BCUT2D eigenvalue weighted by Gasteiger charge is 2.10. The third-order valence-electron chi connectivity index (χ3n) is 4.03. The molecule has 1 saturated heterocycles. The van der Waals surface area contributed by atoms with E-state index in [1.807, 2.05) is 0 Å². The van der Waals surface area contributed by atoms with E-state index in [1.54, 1.807) is 29.2 Å². The van der Waals surface area contributed by atoms with E-state index in [9.17, 15) is 4.79 Å². The second-order valence-electron chi connectivity index (χ2n) is 5.79. The van der Waals surface area contributed by atoms with Crippen LogP contribution in [0.4, 0.5) is 10.5 Å². The number of rotatable bonds is 5. The summed E-state index contributed by atoms with van der Waals surface area (Å²) in [6.45, 7) is 3.78. The van der Waals surface area contributed by atoms with Crippen LogP contribution in [0.3, 0.4) is 0 Å². The predicted molar refractivity (Wildman–Crippen MR) is 93.7 cm³/mol. The molecule has 7 nitrogen and oxygen atoms in total. The van der Waals surface area contributed by atoms with Gasteiger partial charge in [0.1, 0.15) is 12.7 Å². The van der Waals surface area contributed by atoms with Crippen molar-refractivity contribution < 1.29 is 4.79 Å². The molecule has 0 aliphatic carbocycles. The summed E-state index contributed by atoms with van der Waals surface area (Å²) in [5, 5.41) is 10.2. The molecule has 1 fully saturated rings. The molecular formula is C16H21ClN6O. The number of benzene rings is 1. The maximum Gasteiger partial charge on any atom is 0.319 e. The van der Waals surface area contributed by atoms with Gasteiger partial charge in [0.05, 0.1) is 10.7 Å². The van der Waals surface area contributed by atoms with E-state index >= 15 is 0 Å². The summed E-state index contributed by atoms with van der Waals surface area (Å²) in [7, 11) is 0. The first kappa shape index (κ1) is 16.7. The molecule has 1 aliphatic rings. The van der Waals surface area contributed by atoms with E-state index in [2.05, 4.69) is 25.6 Å². The lowest BCUT2D eigenvalue weighted by molar-refractivity contribution is 0.224. The third-order valence-corrected chi connectivity index (χ3v) is 4.34. The number of anilines is 1. The van der Waals surface area contributed by atoms with Crippen LogP contribution in [-0.2, 0) is 0 Å². The van der Waals surface area contributed by atoms with Gasteiger partial charge >= 0.3 is 6.03 Å². The molecule has 1 aliphatic heterocycles. The van der Waals surface area contributed by atoms with E-state index in [-0.39, 0.29) is 6.03 Å². The first-order valence-corrected chi connectivity index (χ1v) is 8.52. The Balaban J connectivity index is 1.48. The molecule has 1 aromatic carbocycles. The van der Waals surface area contributed by atoms with Gasteiger partial charge in [-0.2, -0.15) is 5.10 Å². The summed E-state index contributed by atoms with van der Waals surface area (Å²) in [6.07, 6.45) is 6.83. The van der Waals surface area contributed by atoms with Gasteiger partial charge in [0.2, 0.25) is 0 Å². The third kappa shape index (κ3) is 4.46. The number of hydrogen-bond donors (Lipinski definition) is 2. The van der Waals surface area contributed by atoms with E-state index in [4.69, 9.17) is 11.6 Å². The van der Waals surface area contributed by atoms with Gasteiger partial charge in [-0.05, 0) is 44.1 Å². The molecule has 1 aromatic heterocycles. The zero-order valence-corrected chi connectivity index (χ0v) is 14.2. The molecule has 128 valence electrons. The molecule has 0 atom stereocenters. The van der Waals surface area contributed by atoms with Crippen LogP contribution >= 0.6 is 11.6 Å². The molecule has 0 spiro atoms. The number of carbonyl (C=O) groups is 1. The average molecular weight is 349 g/mol. The standard InChI is InChI=1S/C16H21ClN6O/c17-14-10-13(4-5-15(14)23-12-18-11-20-23)21-16(24)19-6-9-22-7-2-1-3-8-22/h4-5,10-12H,1-3,6-9H2,(H2,19,21,24). The van der Waals surface area contributed by atoms with E-state index in [0.29, 0.717) is 22.9 Å². The fourth-order valence-corrected chi connectivity index (χ4v) is 3.06. The molecular weight excluding hydrogens is 328 g/mol. The Morgan fingerprint density at radius 2 is 2.08 bits per heavy atom. The van der Waals surface area contributed by atoms with Crippen LogP contribution in [0.25, 0.3) is 5.69 Å². The van der Waals surface area contributed by atoms with Crippen LogP contribution in [0, 0.1) is 0 Å². The molecule has 2 amide bonds. The number of likely N-dealkylation sites (tertiary alicyclic amines) is 1. The Morgan fingerprint density at radius 3 is 2.79 bits per heavy atom. The van der Waals surface area contributed by atoms with Crippen molar-refractivity contribution in [1.82, 2.24) is 25.0 Å². The topological polar surface area (TPSA) is 75.1 Å². The van der Waals surface area contributed by atoms with Crippen molar-refractivity contribution in [2.24, 2.45) is 0 Å². The summed E-state index contributed by atoms with van der Waals surface area (Å²) in [6, 6.07) is 5.05. The molecule has 0 unspecified atom stereocenters. The fraction of sp³-hybridized carbons (Fsp3) is 0.438. The van der Waals surface area contributed by atoms with Gasteiger partial charge in [-0.15, -0.1) is 0 Å². The average Bonchev–Trinajstić information content (AvgIpc) is 3.10. The number of nitrogens with zero attached hydrogens (tertiary/aromatic N) is 4. The van der Waals surface area contributed by atoms with Gasteiger partial charge in [-0.3, -0.25) is 0 Å². The van der Waals surface area contributed by atoms with Crippen molar-refractivity contribution in [3.05, 3.63) is 35.9 Å². The van der Waals surface area contributed by atoms with Crippen LogP contribution in [0.2, 0.25) is 5.02 Å². The highest BCUT2D eigenvalue weighted by atomic mass is 35.5. The highest BCUT2D eigenvalue weighted by Crippen LogP contribution is 2.23. The molecule has 3 rings (SSSR count). The molecule has 0 bridgehead atoms. The minimum absolute atomic E-state index is 0.225. The van der Waals surface area contributed by atoms with Crippen LogP contribution < -0.4 is 10.6 Å². The number of hydrogen-bond acceptors (Lipinski definition) is 4. The summed E-state index contributed by atoms with van der Waals surface area (Å²) >= 11 is 6.24. The highest BCUT2D eigenvalue weighted by molar-refractivity contribution is 6.32. The molecule has 24 heavy (non-hydrogen) atoms. The SMILES string of the molecule is O=C(NCCN1CCCCC1)Nc1ccc(-n2cncn2)c(Cl)c1. The molecule has 0 radical (unpaired) electrons. The van der Waals surface area contributed by atoms with E-state index in [0.717, 1.165) is 19.6 Å². The Kier molecular flexibility index (Phi) is 5.66. The van der Waals surface area contributed by atoms with Crippen molar-refractivity contribution in [2.45, 2.75) is 19.3 Å². The maximum absolute atomic E-state index is 12.0. The van der Waals surface area contributed by atoms with Gasteiger partial charge in [-0.1, -0.05) is 18.0 Å².